The number of hydrogen-bond donors (Lipinski definition) is 1. The Balaban J connectivity index is 1.65. The zero-order valence-electron chi connectivity index (χ0n) is 19.0. The second-order valence-electron chi connectivity index (χ2n) is 8.87. The smallest absolute Gasteiger partial charge is 0.0387 e. The largest absolute Gasteiger partial charge is 0.359 e. The molecule has 2 unspecified atom stereocenters. The Bertz CT molecular complexity index is 1180. The van der Waals surface area contributed by atoms with Crippen LogP contribution in [-0.2, 0) is 0 Å². The topological polar surface area (TPSA) is 12.0 Å². The number of anilines is 1. The predicted octanol–water partition coefficient (Wildman–Crippen LogP) is 8.51. The molecule has 0 aliphatic heterocycles. The summed E-state index contributed by atoms with van der Waals surface area (Å²) in [6.45, 7) is 0. The van der Waals surface area contributed by atoms with Crippen molar-refractivity contribution in [2.45, 2.75) is 25.7 Å². The molecule has 3 aliphatic carbocycles. The molecule has 2 aromatic carbocycles. The van der Waals surface area contributed by atoms with E-state index in [0.717, 1.165) is 31.4 Å². The van der Waals surface area contributed by atoms with E-state index in [2.05, 4.69) is 127 Å². The maximum Gasteiger partial charge on any atom is 0.0387 e. The molecule has 0 fully saturated rings. The van der Waals surface area contributed by atoms with Crippen molar-refractivity contribution in [3.05, 3.63) is 138 Å². The Morgan fingerprint density at radius 2 is 1.36 bits per heavy atom. The summed E-state index contributed by atoms with van der Waals surface area (Å²) in [5.41, 5.74) is 7.95. The summed E-state index contributed by atoms with van der Waals surface area (Å²) in [5.74, 6) is 0.728. The Morgan fingerprint density at radius 1 is 0.667 bits per heavy atom. The highest BCUT2D eigenvalue weighted by Crippen LogP contribution is 2.42. The number of benzene rings is 2. The fourth-order valence-electron chi connectivity index (χ4n) is 5.00. The maximum atomic E-state index is 3.67. The van der Waals surface area contributed by atoms with Crippen LogP contribution in [0.5, 0.6) is 0 Å². The third kappa shape index (κ3) is 5.09. The van der Waals surface area contributed by atoms with Crippen LogP contribution in [0.25, 0.3) is 11.1 Å². The number of hydrogen-bond acceptors (Lipinski definition) is 1. The Labute approximate surface area is 197 Å². The third-order valence-corrected chi connectivity index (χ3v) is 6.57. The number of rotatable bonds is 6. The van der Waals surface area contributed by atoms with E-state index in [4.69, 9.17) is 0 Å². The van der Waals surface area contributed by atoms with Crippen LogP contribution in [0.4, 0.5) is 5.69 Å². The fraction of sp³-hybridized carbons (Fsp3) is 0.188. The van der Waals surface area contributed by atoms with Gasteiger partial charge in [0.1, 0.15) is 0 Å². The van der Waals surface area contributed by atoms with Crippen LogP contribution in [0.15, 0.2) is 127 Å². The molecule has 0 amide bonds. The molecule has 3 aliphatic rings. The van der Waals surface area contributed by atoms with E-state index in [9.17, 15) is 0 Å². The van der Waals surface area contributed by atoms with E-state index in [-0.39, 0.29) is 0 Å². The minimum atomic E-state index is 0.358. The van der Waals surface area contributed by atoms with Gasteiger partial charge < -0.3 is 5.32 Å². The van der Waals surface area contributed by atoms with Crippen molar-refractivity contribution >= 4 is 16.8 Å². The van der Waals surface area contributed by atoms with Gasteiger partial charge in [-0.25, -0.2) is 0 Å². The fourth-order valence-corrected chi connectivity index (χ4v) is 5.00. The van der Waals surface area contributed by atoms with Crippen molar-refractivity contribution in [3.63, 3.8) is 0 Å². The van der Waals surface area contributed by atoms with E-state index in [0.29, 0.717) is 11.8 Å². The predicted molar refractivity (Wildman–Crippen MR) is 143 cm³/mol. The maximum absolute atomic E-state index is 3.67. The Kier molecular flexibility index (Phi) is 6.68. The summed E-state index contributed by atoms with van der Waals surface area (Å²) in [6, 6.07) is 20.0. The molecule has 2 aromatic rings. The lowest BCUT2D eigenvalue weighted by molar-refractivity contribution is 0.808. The van der Waals surface area contributed by atoms with Gasteiger partial charge in [0.2, 0.25) is 0 Å². The molecule has 5 rings (SSSR count). The first-order chi connectivity index (χ1) is 16.4. The minimum Gasteiger partial charge on any atom is -0.359 e. The third-order valence-electron chi connectivity index (χ3n) is 6.57. The molecule has 0 heterocycles. The molecular formula is C32H31N. The van der Waals surface area contributed by atoms with Crippen molar-refractivity contribution in [3.8, 4) is 0 Å². The first-order valence-electron chi connectivity index (χ1n) is 12.1. The van der Waals surface area contributed by atoms with Gasteiger partial charge in [-0.2, -0.15) is 0 Å². The Morgan fingerprint density at radius 3 is 2.00 bits per heavy atom. The zero-order chi connectivity index (χ0) is 22.3. The summed E-state index contributed by atoms with van der Waals surface area (Å²) in [4.78, 5) is 0. The Hall–Kier alpha value is -3.58. The van der Waals surface area contributed by atoms with Gasteiger partial charge >= 0.3 is 0 Å². The van der Waals surface area contributed by atoms with E-state index < -0.39 is 0 Å². The standard InChI is InChI=1S/C32H31N/c1-5-14-25(15-6-1)31(26-16-7-2-8-17-26)32(27-18-9-3-10-19-27)28-20-13-23-30(24-28)33-29-21-11-4-12-22-29/h1-11,13-16,18,20-21,23-24,26-27,33H,12,17,19,22H2/b32-31+. The summed E-state index contributed by atoms with van der Waals surface area (Å²) >= 11 is 0. The van der Waals surface area contributed by atoms with Crippen molar-refractivity contribution in [2.75, 3.05) is 5.32 Å². The summed E-state index contributed by atoms with van der Waals surface area (Å²) in [5, 5.41) is 3.67. The highest BCUT2D eigenvalue weighted by atomic mass is 14.9. The van der Waals surface area contributed by atoms with Crippen molar-refractivity contribution < 1.29 is 0 Å². The molecule has 33 heavy (non-hydrogen) atoms. The lowest BCUT2D eigenvalue weighted by Gasteiger charge is -2.28. The molecule has 1 nitrogen and oxygen atoms in total. The average Bonchev–Trinajstić information content (AvgIpc) is 2.89. The van der Waals surface area contributed by atoms with E-state index >= 15 is 0 Å². The monoisotopic (exact) mass is 429 g/mol. The van der Waals surface area contributed by atoms with Crippen LogP contribution in [0, 0.1) is 11.8 Å². The van der Waals surface area contributed by atoms with Crippen LogP contribution in [0.3, 0.4) is 0 Å². The van der Waals surface area contributed by atoms with E-state index in [1.807, 2.05) is 0 Å². The second kappa shape index (κ2) is 10.4. The normalized spacial score (nSPS) is 22.1. The molecule has 1 heteroatoms. The van der Waals surface area contributed by atoms with Gasteiger partial charge in [-0.1, -0.05) is 103 Å². The van der Waals surface area contributed by atoms with Crippen molar-refractivity contribution in [2.24, 2.45) is 11.8 Å². The number of allylic oxidation sites excluding steroid dienone is 14. The lowest BCUT2D eigenvalue weighted by atomic mass is 9.76. The number of nitrogens with one attached hydrogen (secondary N) is 1. The summed E-state index contributed by atoms with van der Waals surface area (Å²) in [6.07, 6.45) is 28.9. The quantitative estimate of drug-likeness (QED) is 0.454. The van der Waals surface area contributed by atoms with Gasteiger partial charge in [0, 0.05) is 23.2 Å². The first kappa shape index (κ1) is 21.3. The molecular weight excluding hydrogens is 398 g/mol. The van der Waals surface area contributed by atoms with E-state index in [1.54, 1.807) is 0 Å². The summed E-state index contributed by atoms with van der Waals surface area (Å²) < 4.78 is 0. The van der Waals surface area contributed by atoms with Crippen molar-refractivity contribution in [1.29, 1.82) is 0 Å². The molecule has 1 N–H and O–H groups in total. The molecule has 0 aromatic heterocycles. The first-order valence-corrected chi connectivity index (χ1v) is 12.1. The minimum absolute atomic E-state index is 0.358. The van der Waals surface area contributed by atoms with Gasteiger partial charge in [-0.3, -0.25) is 0 Å². The van der Waals surface area contributed by atoms with E-state index in [1.165, 1.54) is 28.0 Å². The highest BCUT2D eigenvalue weighted by Gasteiger charge is 2.24. The molecule has 164 valence electrons. The lowest BCUT2D eigenvalue weighted by Crippen LogP contribution is -2.11. The molecule has 0 saturated heterocycles. The van der Waals surface area contributed by atoms with Crippen LogP contribution in [-0.4, -0.2) is 0 Å². The van der Waals surface area contributed by atoms with Gasteiger partial charge in [0.25, 0.3) is 0 Å². The van der Waals surface area contributed by atoms with Crippen molar-refractivity contribution in [1.82, 2.24) is 0 Å². The SMILES string of the molecule is C1=CCCC(Nc2cccc(/C(=C(\c3ccccc3)C3C=CC=CC3)C3C=CC=CC3)c2)=C1. The molecule has 0 bridgehead atoms. The van der Waals surface area contributed by atoms with Crippen LogP contribution >= 0.6 is 0 Å². The average molecular weight is 430 g/mol. The van der Waals surface area contributed by atoms with Gasteiger partial charge in [0.05, 0.1) is 0 Å². The second-order valence-corrected chi connectivity index (χ2v) is 8.87. The molecule has 2 atom stereocenters. The van der Waals surface area contributed by atoms with Gasteiger partial charge in [-0.05, 0) is 66.2 Å². The van der Waals surface area contributed by atoms with Crippen LogP contribution < -0.4 is 5.32 Å². The summed E-state index contributed by atoms with van der Waals surface area (Å²) in [7, 11) is 0. The highest BCUT2D eigenvalue weighted by molar-refractivity contribution is 5.95. The van der Waals surface area contributed by atoms with Crippen LogP contribution in [0.2, 0.25) is 0 Å². The van der Waals surface area contributed by atoms with Gasteiger partial charge in [0.15, 0.2) is 0 Å². The zero-order valence-corrected chi connectivity index (χ0v) is 19.0. The molecule has 0 saturated carbocycles. The molecule has 0 spiro atoms. The van der Waals surface area contributed by atoms with Crippen LogP contribution in [0.1, 0.15) is 36.8 Å². The molecule has 0 radical (unpaired) electrons. The van der Waals surface area contributed by atoms with Gasteiger partial charge in [-0.15, -0.1) is 0 Å².